The highest BCUT2D eigenvalue weighted by Crippen LogP contribution is 2.19. The van der Waals surface area contributed by atoms with Crippen molar-refractivity contribution in [3.63, 3.8) is 0 Å². The predicted octanol–water partition coefficient (Wildman–Crippen LogP) is 2.16. The second kappa shape index (κ2) is 4.42. The van der Waals surface area contributed by atoms with E-state index in [1.807, 2.05) is 0 Å². The standard InChI is InChI=1S/C9H6N2O3S2/c12-7(5-2-1-3-15-5)11-9-10-4-6(16-9)8(13)14/h1-4H,(H,13,14)(H,10,11,12). The van der Waals surface area contributed by atoms with Gasteiger partial charge in [0.05, 0.1) is 11.1 Å². The molecule has 1 amide bonds. The van der Waals surface area contributed by atoms with Crippen molar-refractivity contribution in [3.05, 3.63) is 33.5 Å². The average Bonchev–Trinajstić information content (AvgIpc) is 2.87. The maximum atomic E-state index is 11.6. The number of amides is 1. The number of nitrogens with one attached hydrogen (secondary N) is 1. The second-order valence-corrected chi connectivity index (χ2v) is 4.74. The predicted molar refractivity (Wildman–Crippen MR) is 61.3 cm³/mol. The fraction of sp³-hybridized carbons (Fsp3) is 0. The number of aromatic carboxylic acids is 1. The Morgan fingerprint density at radius 2 is 2.19 bits per heavy atom. The maximum Gasteiger partial charge on any atom is 0.347 e. The minimum Gasteiger partial charge on any atom is -0.477 e. The fourth-order valence-corrected chi connectivity index (χ4v) is 2.27. The molecule has 2 N–H and O–H groups in total. The number of anilines is 1. The zero-order valence-corrected chi connectivity index (χ0v) is 9.47. The summed E-state index contributed by atoms with van der Waals surface area (Å²) < 4.78 is 0. The van der Waals surface area contributed by atoms with Crippen LogP contribution in [-0.4, -0.2) is 22.0 Å². The lowest BCUT2D eigenvalue weighted by Crippen LogP contribution is -2.09. The molecular weight excluding hydrogens is 248 g/mol. The Labute approximate surface area is 98.4 Å². The zero-order valence-electron chi connectivity index (χ0n) is 7.84. The number of aromatic nitrogens is 1. The summed E-state index contributed by atoms with van der Waals surface area (Å²) in [5.41, 5.74) is 0. The Hall–Kier alpha value is -1.73. The summed E-state index contributed by atoms with van der Waals surface area (Å²) in [6.45, 7) is 0. The van der Waals surface area contributed by atoms with Crippen LogP contribution in [0.15, 0.2) is 23.7 Å². The Morgan fingerprint density at radius 3 is 2.75 bits per heavy atom. The summed E-state index contributed by atoms with van der Waals surface area (Å²) in [7, 11) is 0. The number of carbonyl (C=O) groups excluding carboxylic acids is 1. The number of carboxylic acids is 1. The van der Waals surface area contributed by atoms with Gasteiger partial charge in [-0.05, 0) is 11.4 Å². The Morgan fingerprint density at radius 1 is 1.38 bits per heavy atom. The van der Waals surface area contributed by atoms with E-state index in [-0.39, 0.29) is 15.9 Å². The van der Waals surface area contributed by atoms with Gasteiger partial charge in [-0.15, -0.1) is 11.3 Å². The number of carboxylic acid groups (broad SMARTS) is 1. The second-order valence-electron chi connectivity index (χ2n) is 2.77. The maximum absolute atomic E-state index is 11.6. The van der Waals surface area contributed by atoms with E-state index in [9.17, 15) is 9.59 Å². The van der Waals surface area contributed by atoms with Crippen LogP contribution < -0.4 is 5.32 Å². The number of hydrogen-bond donors (Lipinski definition) is 2. The first-order valence-electron chi connectivity index (χ1n) is 4.21. The lowest BCUT2D eigenvalue weighted by molar-refractivity contribution is 0.0701. The highest BCUT2D eigenvalue weighted by molar-refractivity contribution is 7.17. The van der Waals surface area contributed by atoms with Crippen molar-refractivity contribution in [2.75, 3.05) is 5.32 Å². The van der Waals surface area contributed by atoms with Gasteiger partial charge in [0.15, 0.2) is 5.13 Å². The summed E-state index contributed by atoms with van der Waals surface area (Å²) in [5, 5.41) is 13.3. The molecular formula is C9H6N2O3S2. The van der Waals surface area contributed by atoms with Gasteiger partial charge in [0.25, 0.3) is 5.91 Å². The lowest BCUT2D eigenvalue weighted by atomic mass is 10.4. The molecule has 0 atom stereocenters. The summed E-state index contributed by atoms with van der Waals surface area (Å²) >= 11 is 2.24. The van der Waals surface area contributed by atoms with Crippen LogP contribution in [0.2, 0.25) is 0 Å². The summed E-state index contributed by atoms with van der Waals surface area (Å²) in [6, 6.07) is 3.45. The van der Waals surface area contributed by atoms with E-state index >= 15 is 0 Å². The third-order valence-electron chi connectivity index (χ3n) is 1.68. The van der Waals surface area contributed by atoms with Gasteiger partial charge in [0.1, 0.15) is 4.88 Å². The van der Waals surface area contributed by atoms with Crippen LogP contribution >= 0.6 is 22.7 Å². The van der Waals surface area contributed by atoms with Crippen LogP contribution in [0.4, 0.5) is 5.13 Å². The molecule has 2 heterocycles. The van der Waals surface area contributed by atoms with Crippen LogP contribution in [0.5, 0.6) is 0 Å². The SMILES string of the molecule is O=C(O)c1cnc(NC(=O)c2cccs2)s1. The minimum atomic E-state index is -1.05. The third-order valence-corrected chi connectivity index (χ3v) is 3.45. The Kier molecular flexibility index (Phi) is 2.97. The highest BCUT2D eigenvalue weighted by Gasteiger charge is 2.12. The first-order valence-corrected chi connectivity index (χ1v) is 5.90. The third kappa shape index (κ3) is 2.26. The quantitative estimate of drug-likeness (QED) is 0.879. The van der Waals surface area contributed by atoms with Crippen LogP contribution in [0.3, 0.4) is 0 Å². The van der Waals surface area contributed by atoms with Crippen molar-refractivity contribution in [1.82, 2.24) is 4.98 Å². The van der Waals surface area contributed by atoms with Gasteiger partial charge in [0.2, 0.25) is 0 Å². The van der Waals surface area contributed by atoms with Gasteiger partial charge in [-0.2, -0.15) is 0 Å². The first-order chi connectivity index (χ1) is 7.66. The molecule has 82 valence electrons. The molecule has 0 saturated carbocycles. The molecule has 7 heteroatoms. The van der Waals surface area contributed by atoms with Gasteiger partial charge in [-0.25, -0.2) is 9.78 Å². The first kappa shape index (κ1) is 10.8. The van der Waals surface area contributed by atoms with Gasteiger partial charge >= 0.3 is 5.97 Å². The molecule has 0 aliphatic carbocycles. The summed E-state index contributed by atoms with van der Waals surface area (Å²) in [5.74, 6) is -1.32. The Balaban J connectivity index is 2.09. The van der Waals surface area contributed by atoms with Crippen LogP contribution in [0.1, 0.15) is 19.3 Å². The van der Waals surface area contributed by atoms with Gasteiger partial charge in [0, 0.05) is 0 Å². The molecule has 16 heavy (non-hydrogen) atoms. The number of rotatable bonds is 3. The van der Waals surface area contributed by atoms with E-state index in [4.69, 9.17) is 5.11 Å². The van der Waals surface area contributed by atoms with Gasteiger partial charge in [-0.1, -0.05) is 17.4 Å². The normalized spacial score (nSPS) is 10.0. The van der Waals surface area contributed by atoms with Crippen molar-refractivity contribution < 1.29 is 14.7 Å². The molecule has 2 rings (SSSR count). The van der Waals surface area contributed by atoms with Gasteiger partial charge < -0.3 is 5.11 Å². The molecule has 2 aromatic rings. The van der Waals surface area contributed by atoms with Crippen molar-refractivity contribution in [2.24, 2.45) is 0 Å². The minimum absolute atomic E-state index is 0.0986. The lowest BCUT2D eigenvalue weighted by Gasteiger charge is -1.96. The van der Waals surface area contributed by atoms with Crippen LogP contribution in [0.25, 0.3) is 0 Å². The van der Waals surface area contributed by atoms with E-state index in [1.54, 1.807) is 17.5 Å². The molecule has 0 aliphatic rings. The van der Waals surface area contributed by atoms with E-state index < -0.39 is 5.97 Å². The highest BCUT2D eigenvalue weighted by atomic mass is 32.1. The van der Waals surface area contributed by atoms with Crippen molar-refractivity contribution in [1.29, 1.82) is 0 Å². The smallest absolute Gasteiger partial charge is 0.347 e. The molecule has 0 spiro atoms. The summed E-state index contributed by atoms with van der Waals surface area (Å²) in [4.78, 5) is 26.6. The molecule has 0 aromatic carbocycles. The molecule has 0 unspecified atom stereocenters. The average molecular weight is 254 g/mol. The molecule has 0 bridgehead atoms. The summed E-state index contributed by atoms with van der Waals surface area (Å²) in [6.07, 6.45) is 1.22. The molecule has 0 aliphatic heterocycles. The molecule has 0 fully saturated rings. The fourth-order valence-electron chi connectivity index (χ4n) is 0.997. The largest absolute Gasteiger partial charge is 0.477 e. The number of thiophene rings is 1. The monoisotopic (exact) mass is 254 g/mol. The molecule has 5 nitrogen and oxygen atoms in total. The Bertz CT molecular complexity index is 519. The number of hydrogen-bond acceptors (Lipinski definition) is 5. The van der Waals surface area contributed by atoms with Crippen molar-refractivity contribution in [3.8, 4) is 0 Å². The molecule has 0 saturated heterocycles. The van der Waals surface area contributed by atoms with E-state index in [0.717, 1.165) is 11.3 Å². The molecule has 0 radical (unpaired) electrons. The number of carbonyl (C=O) groups is 2. The van der Waals surface area contributed by atoms with Gasteiger partial charge in [-0.3, -0.25) is 10.1 Å². The molecule has 2 aromatic heterocycles. The van der Waals surface area contributed by atoms with Crippen molar-refractivity contribution in [2.45, 2.75) is 0 Å². The zero-order chi connectivity index (χ0) is 11.5. The van der Waals surface area contributed by atoms with Crippen molar-refractivity contribution >= 4 is 39.7 Å². The van der Waals surface area contributed by atoms with Crippen LogP contribution in [-0.2, 0) is 0 Å². The van der Waals surface area contributed by atoms with E-state index in [1.165, 1.54) is 17.5 Å². The topological polar surface area (TPSA) is 79.3 Å². The van der Waals surface area contributed by atoms with E-state index in [0.29, 0.717) is 4.88 Å². The number of thiazole rings is 1. The van der Waals surface area contributed by atoms with E-state index in [2.05, 4.69) is 10.3 Å². The number of nitrogens with zero attached hydrogens (tertiary/aromatic N) is 1. The van der Waals surface area contributed by atoms with Crippen LogP contribution in [0, 0.1) is 0 Å².